The van der Waals surface area contributed by atoms with Gasteiger partial charge in [0.25, 0.3) is 5.91 Å². The van der Waals surface area contributed by atoms with E-state index in [-0.39, 0.29) is 11.8 Å². The first-order chi connectivity index (χ1) is 14.6. The molecule has 3 aromatic rings. The van der Waals surface area contributed by atoms with Crippen LogP contribution in [0.3, 0.4) is 0 Å². The lowest BCUT2D eigenvalue weighted by atomic mass is 10.1. The van der Waals surface area contributed by atoms with Crippen LogP contribution in [0.1, 0.15) is 28.7 Å². The van der Waals surface area contributed by atoms with Gasteiger partial charge in [-0.2, -0.15) is 4.98 Å². The van der Waals surface area contributed by atoms with Gasteiger partial charge in [-0.05, 0) is 29.1 Å². The van der Waals surface area contributed by atoms with Crippen LogP contribution in [0.2, 0.25) is 0 Å². The van der Waals surface area contributed by atoms with Crippen molar-refractivity contribution in [2.75, 3.05) is 26.2 Å². The Kier molecular flexibility index (Phi) is 6.20. The monoisotopic (exact) mass is 425 g/mol. The number of hydrogen-bond donors (Lipinski definition) is 1. The van der Waals surface area contributed by atoms with E-state index in [1.54, 1.807) is 11.3 Å². The summed E-state index contributed by atoms with van der Waals surface area (Å²) in [6.45, 7) is 5.34. The Morgan fingerprint density at radius 1 is 1.13 bits per heavy atom. The molecule has 3 heterocycles. The predicted molar refractivity (Wildman–Crippen MR) is 113 cm³/mol. The van der Waals surface area contributed by atoms with Crippen LogP contribution in [0, 0.1) is 0 Å². The maximum atomic E-state index is 12.8. The molecule has 0 aliphatic carbocycles. The summed E-state index contributed by atoms with van der Waals surface area (Å²) in [5, 5.41) is 8.78. The van der Waals surface area contributed by atoms with E-state index in [0.717, 1.165) is 23.5 Å². The molecular formula is C21H23N5O3S. The zero-order chi connectivity index (χ0) is 20.9. The van der Waals surface area contributed by atoms with Gasteiger partial charge in [0.2, 0.25) is 17.6 Å². The molecule has 156 valence electrons. The molecule has 2 aromatic heterocycles. The predicted octanol–water partition coefficient (Wildman–Crippen LogP) is 2.39. The van der Waals surface area contributed by atoms with Gasteiger partial charge in [0.05, 0.1) is 11.4 Å². The third kappa shape index (κ3) is 4.92. The molecule has 30 heavy (non-hydrogen) atoms. The van der Waals surface area contributed by atoms with Crippen molar-refractivity contribution in [3.05, 3.63) is 58.8 Å². The van der Waals surface area contributed by atoms with E-state index in [9.17, 15) is 9.59 Å². The standard InChI is InChI=1S/C21H23N5O3S/c1-15(27)22-13-16-4-6-17(7-5-16)21(28)26-10-8-25(9-11-26)14-19-23-20(24-29-19)18-3-2-12-30-18/h2-7,12H,8-11,13-14H2,1H3,(H,22,27). The molecule has 8 nitrogen and oxygen atoms in total. The van der Waals surface area contributed by atoms with Gasteiger partial charge in [-0.15, -0.1) is 11.3 Å². The quantitative estimate of drug-likeness (QED) is 0.652. The molecular weight excluding hydrogens is 402 g/mol. The molecule has 0 spiro atoms. The van der Waals surface area contributed by atoms with Gasteiger partial charge < -0.3 is 14.7 Å². The Morgan fingerprint density at radius 2 is 1.90 bits per heavy atom. The van der Waals surface area contributed by atoms with Crippen molar-refractivity contribution in [2.45, 2.75) is 20.0 Å². The molecule has 0 bridgehead atoms. The maximum absolute atomic E-state index is 12.8. The fourth-order valence-electron chi connectivity index (χ4n) is 3.30. The highest BCUT2D eigenvalue weighted by molar-refractivity contribution is 7.13. The van der Waals surface area contributed by atoms with Crippen molar-refractivity contribution in [1.82, 2.24) is 25.3 Å². The number of hydrogen-bond acceptors (Lipinski definition) is 7. The van der Waals surface area contributed by atoms with E-state index >= 15 is 0 Å². The maximum Gasteiger partial charge on any atom is 0.253 e. The van der Waals surface area contributed by atoms with Crippen LogP contribution in [0.25, 0.3) is 10.7 Å². The molecule has 0 saturated carbocycles. The first kappa shape index (κ1) is 20.2. The molecule has 0 unspecified atom stereocenters. The second-order valence-corrected chi connectivity index (χ2v) is 8.11. The average Bonchev–Trinajstić information content (AvgIpc) is 3.45. The van der Waals surface area contributed by atoms with Crippen molar-refractivity contribution in [1.29, 1.82) is 0 Å². The normalized spacial score (nSPS) is 14.6. The van der Waals surface area contributed by atoms with Crippen molar-refractivity contribution in [3.63, 3.8) is 0 Å². The zero-order valence-corrected chi connectivity index (χ0v) is 17.5. The Bertz CT molecular complexity index is 992. The van der Waals surface area contributed by atoms with Crippen molar-refractivity contribution in [2.24, 2.45) is 0 Å². The number of aromatic nitrogens is 2. The molecule has 1 aromatic carbocycles. The lowest BCUT2D eigenvalue weighted by molar-refractivity contribution is -0.119. The van der Waals surface area contributed by atoms with Crippen LogP contribution in [-0.2, 0) is 17.9 Å². The topological polar surface area (TPSA) is 91.6 Å². The van der Waals surface area contributed by atoms with Crippen LogP contribution in [0.15, 0.2) is 46.3 Å². The van der Waals surface area contributed by atoms with Gasteiger partial charge in [0, 0.05) is 45.2 Å². The minimum atomic E-state index is -0.0729. The summed E-state index contributed by atoms with van der Waals surface area (Å²) in [4.78, 5) is 33.3. The van der Waals surface area contributed by atoms with Gasteiger partial charge in [-0.25, -0.2) is 0 Å². The molecule has 1 fully saturated rings. The van der Waals surface area contributed by atoms with Crippen LogP contribution in [0.4, 0.5) is 0 Å². The first-order valence-electron chi connectivity index (χ1n) is 9.80. The van der Waals surface area contributed by atoms with Crippen molar-refractivity contribution < 1.29 is 14.1 Å². The fraction of sp³-hybridized carbons (Fsp3) is 0.333. The Balaban J connectivity index is 1.28. The van der Waals surface area contributed by atoms with Crippen molar-refractivity contribution >= 4 is 23.2 Å². The van der Waals surface area contributed by atoms with Gasteiger partial charge in [-0.3, -0.25) is 14.5 Å². The lowest BCUT2D eigenvalue weighted by Crippen LogP contribution is -2.48. The minimum absolute atomic E-state index is 0.0264. The smallest absolute Gasteiger partial charge is 0.253 e. The van der Waals surface area contributed by atoms with Crippen LogP contribution >= 0.6 is 11.3 Å². The Labute approximate surface area is 178 Å². The summed E-state index contributed by atoms with van der Waals surface area (Å²) in [6, 6.07) is 11.3. The molecule has 1 aliphatic rings. The number of nitrogens with one attached hydrogen (secondary N) is 1. The van der Waals surface area contributed by atoms with Gasteiger partial charge in [0.15, 0.2) is 0 Å². The highest BCUT2D eigenvalue weighted by Crippen LogP contribution is 2.22. The molecule has 0 atom stereocenters. The highest BCUT2D eigenvalue weighted by Gasteiger charge is 2.23. The number of benzene rings is 1. The second kappa shape index (κ2) is 9.19. The number of piperazine rings is 1. The molecule has 1 saturated heterocycles. The van der Waals surface area contributed by atoms with E-state index in [1.165, 1.54) is 6.92 Å². The molecule has 9 heteroatoms. The highest BCUT2D eigenvalue weighted by atomic mass is 32.1. The summed E-state index contributed by atoms with van der Waals surface area (Å²) >= 11 is 1.58. The van der Waals surface area contributed by atoms with Gasteiger partial charge in [0.1, 0.15) is 0 Å². The number of carbonyl (C=O) groups is 2. The summed E-state index contributed by atoms with van der Waals surface area (Å²) in [5.41, 5.74) is 1.63. The van der Waals surface area contributed by atoms with Gasteiger partial charge >= 0.3 is 0 Å². The third-order valence-electron chi connectivity index (χ3n) is 4.97. The van der Waals surface area contributed by atoms with E-state index in [4.69, 9.17) is 4.52 Å². The second-order valence-electron chi connectivity index (χ2n) is 7.16. The van der Waals surface area contributed by atoms with E-state index in [2.05, 4.69) is 20.4 Å². The first-order valence-corrected chi connectivity index (χ1v) is 10.7. The third-order valence-corrected chi connectivity index (χ3v) is 5.84. The van der Waals surface area contributed by atoms with Crippen LogP contribution < -0.4 is 5.32 Å². The SMILES string of the molecule is CC(=O)NCc1ccc(C(=O)N2CCN(Cc3nc(-c4cccs4)no3)CC2)cc1. The Hall–Kier alpha value is -3.04. The van der Waals surface area contributed by atoms with Crippen LogP contribution in [0.5, 0.6) is 0 Å². The van der Waals surface area contributed by atoms with Crippen LogP contribution in [-0.4, -0.2) is 57.9 Å². The van der Waals surface area contributed by atoms with Crippen molar-refractivity contribution in [3.8, 4) is 10.7 Å². The summed E-state index contributed by atoms with van der Waals surface area (Å²) in [6.07, 6.45) is 0. The largest absolute Gasteiger partial charge is 0.352 e. The average molecular weight is 426 g/mol. The number of thiophene rings is 1. The Morgan fingerprint density at radius 3 is 2.57 bits per heavy atom. The molecule has 2 amide bonds. The summed E-state index contributed by atoms with van der Waals surface area (Å²) in [5.74, 6) is 1.17. The summed E-state index contributed by atoms with van der Waals surface area (Å²) in [7, 11) is 0. The fourth-order valence-corrected chi connectivity index (χ4v) is 3.95. The lowest BCUT2D eigenvalue weighted by Gasteiger charge is -2.34. The zero-order valence-electron chi connectivity index (χ0n) is 16.7. The number of nitrogens with zero attached hydrogens (tertiary/aromatic N) is 4. The minimum Gasteiger partial charge on any atom is -0.352 e. The number of amides is 2. The molecule has 4 rings (SSSR count). The van der Waals surface area contributed by atoms with Gasteiger partial charge in [-0.1, -0.05) is 23.4 Å². The molecule has 1 N–H and O–H groups in total. The summed E-state index contributed by atoms with van der Waals surface area (Å²) < 4.78 is 5.38. The van der Waals surface area contributed by atoms with E-state index in [0.29, 0.717) is 43.5 Å². The number of carbonyl (C=O) groups excluding carboxylic acids is 2. The number of rotatable bonds is 6. The molecule has 0 radical (unpaired) electrons. The molecule has 1 aliphatic heterocycles. The van der Waals surface area contributed by atoms with E-state index in [1.807, 2.05) is 46.7 Å². The van der Waals surface area contributed by atoms with E-state index < -0.39 is 0 Å².